The van der Waals surface area contributed by atoms with Gasteiger partial charge in [-0.3, -0.25) is 9.78 Å². The fourth-order valence-electron chi connectivity index (χ4n) is 4.94. The number of hydrogen-bond acceptors (Lipinski definition) is 5. The summed E-state index contributed by atoms with van der Waals surface area (Å²) in [5.41, 5.74) is 3.78. The molecule has 0 saturated heterocycles. The van der Waals surface area contributed by atoms with Gasteiger partial charge in [0, 0.05) is 25.4 Å². The van der Waals surface area contributed by atoms with Gasteiger partial charge in [-0.1, -0.05) is 19.1 Å². The minimum absolute atomic E-state index is 0.0427. The van der Waals surface area contributed by atoms with Crippen LogP contribution < -0.4 is 14.8 Å². The minimum atomic E-state index is -0.305. The Balaban J connectivity index is 1.56. The number of amides is 1. The molecule has 0 radical (unpaired) electrons. The predicted molar refractivity (Wildman–Crippen MR) is 127 cm³/mol. The van der Waals surface area contributed by atoms with E-state index in [1.807, 2.05) is 18.2 Å². The van der Waals surface area contributed by atoms with E-state index in [0.29, 0.717) is 24.5 Å². The fraction of sp³-hybridized carbons (Fsp3) is 0.333. The van der Waals surface area contributed by atoms with E-state index in [0.717, 1.165) is 22.3 Å². The van der Waals surface area contributed by atoms with Crippen molar-refractivity contribution in [2.24, 2.45) is 5.92 Å². The summed E-state index contributed by atoms with van der Waals surface area (Å²) in [5, 5.41) is 13.2. The van der Waals surface area contributed by atoms with Gasteiger partial charge in [0.1, 0.15) is 5.82 Å². The number of halogens is 1. The number of fused-ring (bicyclic) bond motifs is 1. The van der Waals surface area contributed by atoms with E-state index in [4.69, 9.17) is 9.47 Å². The topological polar surface area (TPSA) is 80.7 Å². The molecular weight excluding hydrogens is 435 g/mol. The van der Waals surface area contributed by atoms with Gasteiger partial charge >= 0.3 is 0 Å². The van der Waals surface area contributed by atoms with E-state index >= 15 is 0 Å². The molecule has 2 aromatic carbocycles. The maximum Gasteiger partial charge on any atom is 0.220 e. The van der Waals surface area contributed by atoms with Gasteiger partial charge in [-0.25, -0.2) is 4.39 Å². The number of hydrogen-bond donors (Lipinski definition) is 2. The highest BCUT2D eigenvalue weighted by molar-refractivity contribution is 5.77. The van der Waals surface area contributed by atoms with E-state index in [9.17, 15) is 14.3 Å². The zero-order chi connectivity index (χ0) is 24.2. The number of carbonyl (C=O) groups is 1. The van der Waals surface area contributed by atoms with E-state index in [1.165, 1.54) is 20.3 Å². The second kappa shape index (κ2) is 10.1. The van der Waals surface area contributed by atoms with Gasteiger partial charge in [0.2, 0.25) is 11.7 Å². The smallest absolute Gasteiger partial charge is 0.220 e. The van der Waals surface area contributed by atoms with Crippen molar-refractivity contribution in [3.05, 3.63) is 82.9 Å². The number of methoxy groups -OCH3 is 2. The SMILES string of the molecule is COc1cc(CC2c3ccc(F)cc3C(CC(=O)NCc3cccnc3)C2C)cc(OC)c1O. The summed E-state index contributed by atoms with van der Waals surface area (Å²) < 4.78 is 24.8. The Bertz CT molecular complexity index is 1140. The molecule has 4 rings (SSSR count). The standard InChI is InChI=1S/C27H29FN2O4/c1-16-21(9-18-10-24(33-2)27(32)25(11-18)34-3)20-7-6-19(28)12-23(20)22(16)13-26(31)30-15-17-5-4-8-29-14-17/h4-8,10-12,14,16,21-22,32H,9,13,15H2,1-3H3,(H,30,31). The third-order valence-corrected chi connectivity index (χ3v) is 6.73. The summed E-state index contributed by atoms with van der Waals surface area (Å²) in [4.78, 5) is 16.9. The second-order valence-electron chi connectivity index (χ2n) is 8.74. The maximum absolute atomic E-state index is 14.2. The summed E-state index contributed by atoms with van der Waals surface area (Å²) in [6, 6.07) is 12.2. The van der Waals surface area contributed by atoms with Crippen molar-refractivity contribution in [2.45, 2.75) is 38.1 Å². The molecule has 1 amide bonds. The van der Waals surface area contributed by atoms with Crippen molar-refractivity contribution in [1.29, 1.82) is 0 Å². The molecule has 1 aliphatic carbocycles. The van der Waals surface area contributed by atoms with Crippen LogP contribution in [-0.4, -0.2) is 30.2 Å². The molecule has 6 nitrogen and oxygen atoms in total. The first kappa shape index (κ1) is 23.5. The van der Waals surface area contributed by atoms with Crippen LogP contribution in [0.3, 0.4) is 0 Å². The number of pyridine rings is 1. The van der Waals surface area contributed by atoms with Crippen LogP contribution in [0.2, 0.25) is 0 Å². The molecular formula is C27H29FN2O4. The summed E-state index contributed by atoms with van der Waals surface area (Å²) in [5.74, 6) is 0.322. The largest absolute Gasteiger partial charge is 0.502 e. The van der Waals surface area contributed by atoms with Gasteiger partial charge in [-0.05, 0) is 76.8 Å². The van der Waals surface area contributed by atoms with Gasteiger partial charge in [-0.15, -0.1) is 0 Å². The number of phenols is 1. The van der Waals surface area contributed by atoms with Crippen molar-refractivity contribution in [2.75, 3.05) is 14.2 Å². The third-order valence-electron chi connectivity index (χ3n) is 6.73. The average molecular weight is 465 g/mol. The van der Waals surface area contributed by atoms with Crippen LogP contribution in [-0.2, 0) is 17.8 Å². The van der Waals surface area contributed by atoms with Gasteiger partial charge < -0.3 is 19.9 Å². The third kappa shape index (κ3) is 4.83. The average Bonchev–Trinajstić information content (AvgIpc) is 3.09. The zero-order valence-corrected chi connectivity index (χ0v) is 19.5. The van der Waals surface area contributed by atoms with Gasteiger partial charge in [0.15, 0.2) is 11.5 Å². The lowest BCUT2D eigenvalue weighted by molar-refractivity contribution is -0.121. The van der Waals surface area contributed by atoms with Crippen LogP contribution >= 0.6 is 0 Å². The van der Waals surface area contributed by atoms with Crippen molar-refractivity contribution >= 4 is 5.91 Å². The van der Waals surface area contributed by atoms with Gasteiger partial charge in [0.05, 0.1) is 14.2 Å². The van der Waals surface area contributed by atoms with Crippen LogP contribution in [0.25, 0.3) is 0 Å². The molecule has 3 unspecified atom stereocenters. The fourth-order valence-corrected chi connectivity index (χ4v) is 4.94. The molecule has 7 heteroatoms. The predicted octanol–water partition coefficient (Wildman–Crippen LogP) is 4.71. The molecule has 0 saturated carbocycles. The van der Waals surface area contributed by atoms with Crippen molar-refractivity contribution in [3.63, 3.8) is 0 Å². The molecule has 0 fully saturated rings. The Morgan fingerprint density at radius 1 is 1.06 bits per heavy atom. The molecule has 0 aliphatic heterocycles. The Hall–Kier alpha value is -3.61. The number of rotatable bonds is 8. The highest BCUT2D eigenvalue weighted by Crippen LogP contribution is 2.50. The molecule has 178 valence electrons. The monoisotopic (exact) mass is 464 g/mol. The van der Waals surface area contributed by atoms with Crippen LogP contribution in [0.15, 0.2) is 54.9 Å². The number of aromatic nitrogens is 1. The number of ether oxygens (including phenoxy) is 2. The van der Waals surface area contributed by atoms with E-state index in [-0.39, 0.29) is 41.6 Å². The number of aromatic hydroxyl groups is 1. The summed E-state index contributed by atoms with van der Waals surface area (Å²) in [6.07, 6.45) is 4.33. The molecule has 1 aliphatic rings. The molecule has 2 N–H and O–H groups in total. The lowest BCUT2D eigenvalue weighted by atomic mass is 9.83. The summed E-state index contributed by atoms with van der Waals surface area (Å²) in [7, 11) is 2.99. The lowest BCUT2D eigenvalue weighted by Crippen LogP contribution is -2.26. The number of nitrogens with zero attached hydrogens (tertiary/aromatic N) is 1. The van der Waals surface area contributed by atoms with Crippen LogP contribution in [0.1, 0.15) is 47.4 Å². The molecule has 1 aromatic heterocycles. The molecule has 3 aromatic rings. The Labute approximate surface area is 198 Å². The second-order valence-corrected chi connectivity index (χ2v) is 8.74. The highest BCUT2D eigenvalue weighted by Gasteiger charge is 2.39. The van der Waals surface area contributed by atoms with Gasteiger partial charge in [-0.2, -0.15) is 0 Å². The lowest BCUT2D eigenvalue weighted by Gasteiger charge is -2.22. The maximum atomic E-state index is 14.2. The van der Waals surface area contributed by atoms with E-state index in [2.05, 4.69) is 17.2 Å². The van der Waals surface area contributed by atoms with Crippen molar-refractivity contribution in [1.82, 2.24) is 10.3 Å². The Morgan fingerprint density at radius 2 is 1.79 bits per heavy atom. The van der Waals surface area contributed by atoms with Gasteiger partial charge in [0.25, 0.3) is 0 Å². The molecule has 34 heavy (non-hydrogen) atoms. The van der Waals surface area contributed by atoms with E-state index < -0.39 is 0 Å². The van der Waals surface area contributed by atoms with Crippen molar-refractivity contribution < 1.29 is 23.8 Å². The highest BCUT2D eigenvalue weighted by atomic mass is 19.1. The first-order chi connectivity index (χ1) is 16.4. The number of benzene rings is 2. The normalized spacial score (nSPS) is 18.9. The number of nitrogens with one attached hydrogen (secondary N) is 1. The van der Waals surface area contributed by atoms with Crippen LogP contribution in [0.5, 0.6) is 17.2 Å². The van der Waals surface area contributed by atoms with Crippen molar-refractivity contribution in [3.8, 4) is 17.2 Å². The molecule has 1 heterocycles. The van der Waals surface area contributed by atoms with Crippen LogP contribution in [0, 0.1) is 11.7 Å². The molecule has 3 atom stereocenters. The number of phenolic OH excluding ortho intramolecular Hbond substituents is 1. The quantitative estimate of drug-likeness (QED) is 0.505. The Morgan fingerprint density at radius 3 is 2.44 bits per heavy atom. The molecule has 0 bridgehead atoms. The number of carbonyl (C=O) groups excluding carboxylic acids is 1. The zero-order valence-electron chi connectivity index (χ0n) is 19.5. The first-order valence-electron chi connectivity index (χ1n) is 11.3. The summed E-state index contributed by atoms with van der Waals surface area (Å²) >= 11 is 0. The first-order valence-corrected chi connectivity index (χ1v) is 11.3. The van der Waals surface area contributed by atoms with Crippen LogP contribution in [0.4, 0.5) is 4.39 Å². The Kier molecular flexibility index (Phi) is 7.01. The summed E-state index contributed by atoms with van der Waals surface area (Å²) in [6.45, 7) is 2.51. The minimum Gasteiger partial charge on any atom is -0.502 e. The molecule has 0 spiro atoms. The van der Waals surface area contributed by atoms with E-state index in [1.54, 1.807) is 30.6 Å².